The lowest BCUT2D eigenvalue weighted by molar-refractivity contribution is 0.0931. The summed E-state index contributed by atoms with van der Waals surface area (Å²) in [5.41, 5.74) is 2.73. The number of benzene rings is 2. The largest absolute Gasteiger partial charge is 0.360 e. The minimum atomic E-state index is -0.173. The van der Waals surface area contributed by atoms with Gasteiger partial charge in [0.25, 0.3) is 11.5 Å². The first-order chi connectivity index (χ1) is 17.0. The van der Waals surface area contributed by atoms with Crippen molar-refractivity contribution >= 4 is 40.1 Å². The molecule has 9 heteroatoms. The number of nitrogens with one attached hydrogen (secondary N) is 2. The molecule has 4 heterocycles. The highest BCUT2D eigenvalue weighted by molar-refractivity contribution is 6.35. The van der Waals surface area contributed by atoms with E-state index in [0.717, 1.165) is 22.3 Å². The van der Waals surface area contributed by atoms with Gasteiger partial charge in [-0.1, -0.05) is 23.7 Å². The summed E-state index contributed by atoms with van der Waals surface area (Å²) in [4.78, 5) is 44.8. The smallest absolute Gasteiger partial charge is 0.324 e. The van der Waals surface area contributed by atoms with Gasteiger partial charge in [-0.15, -0.1) is 0 Å². The third-order valence-electron chi connectivity index (χ3n) is 6.86. The third kappa shape index (κ3) is 3.66. The van der Waals surface area contributed by atoms with Gasteiger partial charge in [0.2, 0.25) is 0 Å². The van der Waals surface area contributed by atoms with Crippen molar-refractivity contribution in [3.63, 3.8) is 0 Å². The third-order valence-corrected chi connectivity index (χ3v) is 7.18. The van der Waals surface area contributed by atoms with Gasteiger partial charge in [-0.2, -0.15) is 0 Å². The quantitative estimate of drug-likeness (QED) is 0.459. The molecule has 2 atom stereocenters. The molecule has 2 N–H and O–H groups in total. The van der Waals surface area contributed by atoms with E-state index in [0.29, 0.717) is 30.1 Å². The molecule has 0 unspecified atom stereocenters. The predicted octanol–water partition coefficient (Wildman–Crippen LogP) is 3.79. The van der Waals surface area contributed by atoms with Crippen molar-refractivity contribution < 1.29 is 9.59 Å². The van der Waals surface area contributed by atoms with Crippen LogP contribution in [0.5, 0.6) is 0 Å². The summed E-state index contributed by atoms with van der Waals surface area (Å²) < 4.78 is 1.55. The fourth-order valence-corrected chi connectivity index (χ4v) is 5.26. The summed E-state index contributed by atoms with van der Waals surface area (Å²) in [6, 6.07) is 17.4. The number of hydrogen-bond donors (Lipinski definition) is 2. The Morgan fingerprint density at radius 1 is 1.03 bits per heavy atom. The zero-order valence-corrected chi connectivity index (χ0v) is 19.4. The summed E-state index contributed by atoms with van der Waals surface area (Å²) in [6.07, 6.45) is 4.12. The molecule has 0 saturated carbocycles. The molecule has 0 spiro atoms. The van der Waals surface area contributed by atoms with Crippen molar-refractivity contribution in [2.75, 3.05) is 18.0 Å². The Hall–Kier alpha value is -4.04. The number of aromatic amines is 1. The number of anilines is 1. The van der Waals surface area contributed by atoms with Gasteiger partial charge in [-0.3, -0.25) is 19.1 Å². The number of pyridine rings is 1. The number of nitrogens with zero attached hydrogens (tertiary/aromatic N) is 3. The average molecular weight is 488 g/mol. The fraction of sp³-hybridized carbons (Fsp3) is 0.192. The minimum absolute atomic E-state index is 0.0705. The second kappa shape index (κ2) is 8.32. The van der Waals surface area contributed by atoms with Crippen LogP contribution in [0.1, 0.15) is 16.8 Å². The van der Waals surface area contributed by atoms with Gasteiger partial charge < -0.3 is 15.2 Å². The van der Waals surface area contributed by atoms with Crippen molar-refractivity contribution in [2.24, 2.45) is 0 Å². The number of carbonyl (C=O) groups is 2. The molecule has 0 radical (unpaired) electrons. The highest BCUT2D eigenvalue weighted by Crippen LogP contribution is 2.31. The van der Waals surface area contributed by atoms with Crippen LogP contribution in [0.4, 0.5) is 10.5 Å². The Morgan fingerprint density at radius 3 is 2.63 bits per heavy atom. The van der Waals surface area contributed by atoms with Crippen molar-refractivity contribution in [3.8, 4) is 5.69 Å². The van der Waals surface area contributed by atoms with E-state index in [4.69, 9.17) is 11.6 Å². The van der Waals surface area contributed by atoms with E-state index in [1.807, 2.05) is 35.2 Å². The standard InChI is InChI=1S/C26H22ClN5O3/c27-20-14-28-22-13-16(4-9-19(20)22)25(34)29-21-10-12-31-23(21)15-32(26(31)35)18-7-5-17(6-8-18)30-11-2-1-3-24(30)33/h1-9,11,13-14,21,23,28H,10,12,15H2,(H,29,34)/t21-,23-/m1/s1. The van der Waals surface area contributed by atoms with E-state index in [2.05, 4.69) is 10.3 Å². The normalized spacial score (nSPS) is 19.4. The summed E-state index contributed by atoms with van der Waals surface area (Å²) >= 11 is 6.14. The maximum Gasteiger partial charge on any atom is 0.324 e. The lowest BCUT2D eigenvalue weighted by Crippen LogP contribution is -2.44. The Bertz CT molecular complexity index is 1510. The maximum atomic E-state index is 13.1. The van der Waals surface area contributed by atoms with Gasteiger partial charge in [-0.05, 0) is 48.9 Å². The highest BCUT2D eigenvalue weighted by Gasteiger charge is 2.46. The van der Waals surface area contributed by atoms with E-state index in [1.54, 1.807) is 46.1 Å². The van der Waals surface area contributed by atoms with Crippen LogP contribution in [-0.2, 0) is 0 Å². The number of aromatic nitrogens is 2. The SMILES string of the molecule is O=C(N[C@@H]1CCN2C(=O)N(c3ccc(-n4ccccc4=O)cc3)C[C@H]12)c1ccc2c(Cl)c[nH]c2c1. The number of hydrogen-bond acceptors (Lipinski definition) is 3. The number of fused-ring (bicyclic) bond motifs is 2. The number of halogens is 1. The van der Waals surface area contributed by atoms with Crippen LogP contribution in [0.3, 0.4) is 0 Å². The molecule has 4 aromatic rings. The molecule has 2 aliphatic heterocycles. The van der Waals surface area contributed by atoms with Crippen LogP contribution >= 0.6 is 11.6 Å². The summed E-state index contributed by atoms with van der Waals surface area (Å²) in [5, 5.41) is 4.61. The molecular weight excluding hydrogens is 466 g/mol. The Labute approximate surface area is 205 Å². The molecule has 0 aliphatic carbocycles. The number of H-pyrrole nitrogens is 1. The summed E-state index contributed by atoms with van der Waals surface area (Å²) in [7, 11) is 0. The van der Waals surface area contributed by atoms with Crippen LogP contribution in [0.2, 0.25) is 5.02 Å². The summed E-state index contributed by atoms with van der Waals surface area (Å²) in [6.45, 7) is 1.08. The van der Waals surface area contributed by atoms with Crippen LogP contribution in [0.25, 0.3) is 16.6 Å². The van der Waals surface area contributed by atoms with E-state index in [-0.39, 0.29) is 29.6 Å². The summed E-state index contributed by atoms with van der Waals surface area (Å²) in [5.74, 6) is -0.173. The fourth-order valence-electron chi connectivity index (χ4n) is 5.04. The van der Waals surface area contributed by atoms with Crippen LogP contribution in [0, 0.1) is 0 Å². The first-order valence-electron chi connectivity index (χ1n) is 11.4. The molecule has 0 bridgehead atoms. The van der Waals surface area contributed by atoms with Gasteiger partial charge in [0.15, 0.2) is 0 Å². The molecule has 2 fully saturated rings. The Balaban J connectivity index is 1.17. The van der Waals surface area contributed by atoms with E-state index >= 15 is 0 Å². The first-order valence-corrected chi connectivity index (χ1v) is 11.8. The van der Waals surface area contributed by atoms with Crippen molar-refractivity contribution in [1.82, 2.24) is 19.8 Å². The van der Waals surface area contributed by atoms with E-state index < -0.39 is 0 Å². The molecule has 2 saturated heterocycles. The molecule has 6 rings (SSSR count). The van der Waals surface area contributed by atoms with E-state index in [9.17, 15) is 14.4 Å². The van der Waals surface area contributed by atoms with Crippen molar-refractivity contribution in [2.45, 2.75) is 18.5 Å². The monoisotopic (exact) mass is 487 g/mol. The number of carbonyl (C=O) groups excluding carboxylic acids is 2. The van der Waals surface area contributed by atoms with Gasteiger partial charge in [0, 0.05) is 52.8 Å². The molecule has 8 nitrogen and oxygen atoms in total. The highest BCUT2D eigenvalue weighted by atomic mass is 35.5. The van der Waals surface area contributed by atoms with E-state index in [1.165, 1.54) is 6.07 Å². The average Bonchev–Trinajstić information content (AvgIpc) is 3.54. The van der Waals surface area contributed by atoms with Gasteiger partial charge in [-0.25, -0.2) is 4.79 Å². The maximum absolute atomic E-state index is 13.1. The number of rotatable bonds is 4. The number of urea groups is 1. The number of amides is 3. The molecular formula is C26H22ClN5O3. The zero-order chi connectivity index (χ0) is 24.1. The lowest BCUT2D eigenvalue weighted by Gasteiger charge is -2.20. The van der Waals surface area contributed by atoms with Crippen LogP contribution < -0.4 is 15.8 Å². The second-order valence-corrected chi connectivity index (χ2v) is 9.25. The van der Waals surface area contributed by atoms with Gasteiger partial charge in [0.1, 0.15) is 0 Å². The zero-order valence-electron chi connectivity index (χ0n) is 18.6. The van der Waals surface area contributed by atoms with Crippen molar-refractivity contribution in [1.29, 1.82) is 0 Å². The topological polar surface area (TPSA) is 90.4 Å². The molecule has 2 aromatic heterocycles. The van der Waals surface area contributed by atoms with Crippen LogP contribution in [-0.4, -0.2) is 51.6 Å². The van der Waals surface area contributed by atoms with Crippen molar-refractivity contribution in [3.05, 3.63) is 94.0 Å². The minimum Gasteiger partial charge on any atom is -0.360 e. The Kier molecular flexibility index (Phi) is 5.11. The Morgan fingerprint density at radius 2 is 1.83 bits per heavy atom. The molecule has 176 valence electrons. The second-order valence-electron chi connectivity index (χ2n) is 8.84. The molecule has 3 amide bonds. The first kappa shape index (κ1) is 21.5. The predicted molar refractivity (Wildman–Crippen MR) is 134 cm³/mol. The van der Waals surface area contributed by atoms with Gasteiger partial charge >= 0.3 is 6.03 Å². The molecule has 2 aromatic carbocycles. The van der Waals surface area contributed by atoms with Gasteiger partial charge in [0.05, 0.1) is 23.7 Å². The lowest BCUT2D eigenvalue weighted by atomic mass is 10.1. The van der Waals surface area contributed by atoms with Crippen LogP contribution in [0.15, 0.2) is 77.9 Å². The molecule has 2 aliphatic rings. The molecule has 35 heavy (non-hydrogen) atoms.